The number of hydrogen-bond donors (Lipinski definition) is 3. The SMILES string of the molecule is CC1c2cn[nH]c2CCC1C(=O)NC(Cc1nn[nH]n1)c1ccccc1. The minimum atomic E-state index is -0.195. The lowest BCUT2D eigenvalue weighted by Crippen LogP contribution is -2.38. The van der Waals surface area contributed by atoms with Gasteiger partial charge in [0.2, 0.25) is 5.91 Å². The number of tetrazole rings is 1. The number of aromatic amines is 2. The van der Waals surface area contributed by atoms with Gasteiger partial charge in [0, 0.05) is 18.0 Å². The van der Waals surface area contributed by atoms with Crippen LogP contribution in [0.2, 0.25) is 0 Å². The van der Waals surface area contributed by atoms with Crippen LogP contribution in [0.5, 0.6) is 0 Å². The number of nitrogens with one attached hydrogen (secondary N) is 3. The molecule has 2 aromatic heterocycles. The molecule has 1 amide bonds. The average Bonchev–Trinajstić information content (AvgIpc) is 3.34. The number of amides is 1. The van der Waals surface area contributed by atoms with E-state index >= 15 is 0 Å². The molecule has 26 heavy (non-hydrogen) atoms. The van der Waals surface area contributed by atoms with Gasteiger partial charge in [-0.2, -0.15) is 10.3 Å². The highest BCUT2D eigenvalue weighted by Crippen LogP contribution is 2.35. The predicted octanol–water partition coefficient (Wildman–Crippen LogP) is 1.69. The Morgan fingerprint density at radius 1 is 1.35 bits per heavy atom. The molecule has 0 radical (unpaired) electrons. The molecule has 1 aromatic carbocycles. The Morgan fingerprint density at radius 3 is 2.96 bits per heavy atom. The zero-order valence-electron chi connectivity index (χ0n) is 14.5. The summed E-state index contributed by atoms with van der Waals surface area (Å²) in [5.74, 6) is 0.699. The largest absolute Gasteiger partial charge is 0.349 e. The van der Waals surface area contributed by atoms with Crippen molar-refractivity contribution in [3.63, 3.8) is 0 Å². The van der Waals surface area contributed by atoms with E-state index in [1.165, 1.54) is 0 Å². The summed E-state index contributed by atoms with van der Waals surface area (Å²) in [5.41, 5.74) is 3.32. The molecule has 8 heteroatoms. The Morgan fingerprint density at radius 2 is 2.19 bits per heavy atom. The molecular formula is C18H21N7O. The summed E-state index contributed by atoms with van der Waals surface area (Å²) in [6.07, 6.45) is 3.99. The van der Waals surface area contributed by atoms with E-state index in [9.17, 15) is 4.79 Å². The quantitative estimate of drug-likeness (QED) is 0.647. The van der Waals surface area contributed by atoms with Gasteiger partial charge in [0.25, 0.3) is 0 Å². The molecule has 2 heterocycles. The Bertz CT molecular complexity index is 859. The van der Waals surface area contributed by atoms with Crippen molar-refractivity contribution >= 4 is 5.91 Å². The normalized spacial score (nSPS) is 20.3. The molecule has 0 bridgehead atoms. The number of rotatable bonds is 5. The molecule has 0 aliphatic heterocycles. The number of benzene rings is 1. The topological polar surface area (TPSA) is 112 Å². The molecule has 0 saturated heterocycles. The zero-order chi connectivity index (χ0) is 17.9. The van der Waals surface area contributed by atoms with Gasteiger partial charge in [-0.1, -0.05) is 42.5 Å². The van der Waals surface area contributed by atoms with Gasteiger partial charge in [0.15, 0.2) is 5.82 Å². The van der Waals surface area contributed by atoms with Crippen LogP contribution < -0.4 is 5.32 Å². The van der Waals surface area contributed by atoms with Gasteiger partial charge in [0.05, 0.1) is 12.2 Å². The summed E-state index contributed by atoms with van der Waals surface area (Å²) in [6.45, 7) is 2.09. The fraction of sp³-hybridized carbons (Fsp3) is 0.389. The minimum Gasteiger partial charge on any atom is -0.349 e. The molecule has 0 fully saturated rings. The second-order valence-electron chi connectivity index (χ2n) is 6.74. The van der Waals surface area contributed by atoms with E-state index in [0.717, 1.165) is 29.7 Å². The molecular weight excluding hydrogens is 330 g/mol. The molecule has 1 aliphatic rings. The monoisotopic (exact) mass is 351 g/mol. The molecule has 3 N–H and O–H groups in total. The lowest BCUT2D eigenvalue weighted by Gasteiger charge is -2.29. The van der Waals surface area contributed by atoms with Crippen LogP contribution in [0, 0.1) is 5.92 Å². The van der Waals surface area contributed by atoms with E-state index in [1.807, 2.05) is 36.5 Å². The number of fused-ring (bicyclic) bond motifs is 1. The first-order chi connectivity index (χ1) is 12.7. The predicted molar refractivity (Wildman–Crippen MR) is 94.0 cm³/mol. The molecule has 3 atom stereocenters. The van der Waals surface area contributed by atoms with Crippen LogP contribution in [0.1, 0.15) is 47.9 Å². The third-order valence-corrected chi connectivity index (χ3v) is 5.18. The Kier molecular flexibility index (Phi) is 4.47. The summed E-state index contributed by atoms with van der Waals surface area (Å²) in [5, 5.41) is 24.5. The highest BCUT2D eigenvalue weighted by Gasteiger charge is 2.33. The second-order valence-corrected chi connectivity index (χ2v) is 6.74. The van der Waals surface area contributed by atoms with Gasteiger partial charge in [-0.3, -0.25) is 9.89 Å². The summed E-state index contributed by atoms with van der Waals surface area (Å²) in [6, 6.07) is 9.70. The number of carbonyl (C=O) groups is 1. The maximum atomic E-state index is 13.0. The number of hydrogen-bond acceptors (Lipinski definition) is 5. The summed E-state index contributed by atoms with van der Waals surface area (Å²) < 4.78 is 0. The van der Waals surface area contributed by atoms with Crippen molar-refractivity contribution in [3.05, 3.63) is 59.2 Å². The highest BCUT2D eigenvalue weighted by molar-refractivity contribution is 5.80. The van der Waals surface area contributed by atoms with E-state index in [4.69, 9.17) is 0 Å². The van der Waals surface area contributed by atoms with Crippen molar-refractivity contribution in [3.8, 4) is 0 Å². The van der Waals surface area contributed by atoms with E-state index in [-0.39, 0.29) is 23.8 Å². The molecule has 8 nitrogen and oxygen atoms in total. The van der Waals surface area contributed by atoms with Crippen molar-refractivity contribution in [1.29, 1.82) is 0 Å². The van der Waals surface area contributed by atoms with Crippen molar-refractivity contribution < 1.29 is 4.79 Å². The Labute approximate surface area is 150 Å². The molecule has 4 rings (SSSR count). The van der Waals surface area contributed by atoms with Crippen molar-refractivity contribution in [2.24, 2.45) is 5.92 Å². The second kappa shape index (κ2) is 7.07. The van der Waals surface area contributed by atoms with Crippen LogP contribution in [0.25, 0.3) is 0 Å². The molecule has 0 spiro atoms. The van der Waals surface area contributed by atoms with Crippen LogP contribution in [0.4, 0.5) is 0 Å². The number of aromatic nitrogens is 6. The fourth-order valence-corrected chi connectivity index (χ4v) is 3.71. The number of aryl methyl sites for hydroxylation is 1. The number of H-pyrrole nitrogens is 2. The minimum absolute atomic E-state index is 0.0571. The van der Waals surface area contributed by atoms with Crippen molar-refractivity contribution in [2.45, 2.75) is 38.1 Å². The van der Waals surface area contributed by atoms with E-state index < -0.39 is 0 Å². The van der Waals surface area contributed by atoms with Crippen LogP contribution in [-0.4, -0.2) is 36.7 Å². The molecule has 0 saturated carbocycles. The van der Waals surface area contributed by atoms with Gasteiger partial charge < -0.3 is 5.32 Å². The molecule has 3 aromatic rings. The molecule has 1 aliphatic carbocycles. The maximum absolute atomic E-state index is 13.0. The lowest BCUT2D eigenvalue weighted by atomic mass is 9.78. The van der Waals surface area contributed by atoms with Gasteiger partial charge in [-0.15, -0.1) is 10.2 Å². The Balaban J connectivity index is 1.53. The first kappa shape index (κ1) is 16.4. The fourth-order valence-electron chi connectivity index (χ4n) is 3.71. The third-order valence-electron chi connectivity index (χ3n) is 5.18. The van der Waals surface area contributed by atoms with Crippen LogP contribution in [-0.2, 0) is 17.6 Å². The van der Waals surface area contributed by atoms with Crippen molar-refractivity contribution in [1.82, 2.24) is 36.1 Å². The zero-order valence-corrected chi connectivity index (χ0v) is 14.5. The van der Waals surface area contributed by atoms with E-state index in [2.05, 4.69) is 43.1 Å². The lowest BCUT2D eigenvalue weighted by molar-refractivity contribution is -0.126. The van der Waals surface area contributed by atoms with Gasteiger partial charge in [-0.25, -0.2) is 0 Å². The average molecular weight is 351 g/mol. The first-order valence-electron chi connectivity index (χ1n) is 8.82. The van der Waals surface area contributed by atoms with Crippen LogP contribution >= 0.6 is 0 Å². The standard InChI is InChI=1S/C18H21N7O/c1-11-13(7-8-15-14(11)10-19-21-15)18(26)20-16(9-17-22-24-25-23-17)12-5-3-2-4-6-12/h2-6,10-11,13,16H,7-9H2,1H3,(H,19,21)(H,20,26)(H,22,23,24,25). The smallest absolute Gasteiger partial charge is 0.224 e. The van der Waals surface area contributed by atoms with Gasteiger partial charge in [0.1, 0.15) is 0 Å². The number of nitrogens with zero attached hydrogens (tertiary/aromatic N) is 4. The van der Waals surface area contributed by atoms with Crippen LogP contribution in [0.15, 0.2) is 36.5 Å². The van der Waals surface area contributed by atoms with Crippen molar-refractivity contribution in [2.75, 3.05) is 0 Å². The highest BCUT2D eigenvalue weighted by atomic mass is 16.2. The summed E-state index contributed by atoms with van der Waals surface area (Å²) in [7, 11) is 0. The third kappa shape index (κ3) is 3.22. The van der Waals surface area contributed by atoms with Gasteiger partial charge in [-0.05, 0) is 29.9 Å². The van der Waals surface area contributed by atoms with Gasteiger partial charge >= 0.3 is 0 Å². The molecule has 134 valence electrons. The molecule has 3 unspecified atom stereocenters. The van der Waals surface area contributed by atoms with E-state index in [0.29, 0.717) is 12.2 Å². The Hall–Kier alpha value is -3.03. The maximum Gasteiger partial charge on any atom is 0.224 e. The van der Waals surface area contributed by atoms with E-state index in [1.54, 1.807) is 0 Å². The summed E-state index contributed by atoms with van der Waals surface area (Å²) in [4.78, 5) is 13.0. The number of carbonyl (C=O) groups excluding carboxylic acids is 1. The first-order valence-corrected chi connectivity index (χ1v) is 8.82. The van der Waals surface area contributed by atoms with Crippen LogP contribution in [0.3, 0.4) is 0 Å². The summed E-state index contributed by atoms with van der Waals surface area (Å²) >= 11 is 0.